The highest BCUT2D eigenvalue weighted by Crippen LogP contribution is 2.21. The first-order valence-corrected chi connectivity index (χ1v) is 9.34. The Morgan fingerprint density at radius 2 is 1.58 bits per heavy atom. The Labute approximate surface area is 151 Å². The van der Waals surface area contributed by atoms with Crippen molar-refractivity contribution in [2.45, 2.75) is 54.9 Å². The molecule has 0 saturated carbocycles. The van der Waals surface area contributed by atoms with Crippen molar-refractivity contribution in [2.75, 3.05) is 12.9 Å². The number of nitrogens with one attached hydrogen (secondary N) is 1. The molecule has 1 rings (SSSR count). The van der Waals surface area contributed by atoms with Crippen LogP contribution in [0.4, 0.5) is 8.78 Å². The zero-order valence-electron chi connectivity index (χ0n) is 16.3. The first-order chi connectivity index (χ1) is 11.6. The molecule has 0 heterocycles. The normalized spacial score (nSPS) is 9.75. The van der Waals surface area contributed by atoms with Gasteiger partial charge in [-0.3, -0.25) is 9.18 Å². The van der Waals surface area contributed by atoms with Crippen molar-refractivity contribution in [3.8, 4) is 0 Å². The molecule has 0 aliphatic carbocycles. The highest BCUT2D eigenvalue weighted by Gasteiger charge is 2.12. The van der Waals surface area contributed by atoms with Crippen molar-refractivity contribution >= 4 is 17.7 Å². The lowest BCUT2D eigenvalue weighted by atomic mass is 10.2. The Morgan fingerprint density at radius 3 is 2.00 bits per heavy atom. The molecule has 140 valence electrons. The average Bonchev–Trinajstić information content (AvgIpc) is 2.64. The van der Waals surface area contributed by atoms with E-state index in [-0.39, 0.29) is 5.56 Å². The monoisotopic (exact) mass is 361 g/mol. The maximum atomic E-state index is 13.4. The minimum atomic E-state index is -0.496. The fourth-order valence-corrected chi connectivity index (χ4v) is 2.42. The van der Waals surface area contributed by atoms with Gasteiger partial charge in [-0.15, -0.1) is 11.8 Å². The first-order valence-electron chi connectivity index (χ1n) is 8.36. The van der Waals surface area contributed by atoms with Crippen LogP contribution in [0, 0.1) is 5.82 Å². The fourth-order valence-electron chi connectivity index (χ4n) is 1.60. The van der Waals surface area contributed by atoms with E-state index in [1.807, 2.05) is 41.5 Å². The summed E-state index contributed by atoms with van der Waals surface area (Å²) < 4.78 is 22.9. The zero-order valence-corrected chi connectivity index (χ0v) is 17.1. The molecule has 5 heteroatoms. The van der Waals surface area contributed by atoms with Gasteiger partial charge in [-0.25, -0.2) is 4.39 Å². The Kier molecular flexibility index (Phi) is 22.5. The molecule has 0 atom stereocenters. The van der Waals surface area contributed by atoms with Crippen LogP contribution >= 0.6 is 11.8 Å². The number of thioether (sulfide) groups is 1. The van der Waals surface area contributed by atoms with Crippen LogP contribution in [0.5, 0.6) is 0 Å². The van der Waals surface area contributed by atoms with Crippen molar-refractivity contribution in [3.05, 3.63) is 46.2 Å². The minimum absolute atomic E-state index is 0.0776. The Bertz CT molecular complexity index is 462. The van der Waals surface area contributed by atoms with E-state index in [0.29, 0.717) is 7.18 Å². The van der Waals surface area contributed by atoms with Crippen molar-refractivity contribution < 1.29 is 13.6 Å². The van der Waals surface area contributed by atoms with Gasteiger partial charge in [0, 0.05) is 10.6 Å². The summed E-state index contributed by atoms with van der Waals surface area (Å²) in [5.41, 5.74) is 0.881. The molecule has 0 aliphatic heterocycles. The molecular weight excluding hydrogens is 328 g/mol. The molecule has 0 aliphatic rings. The van der Waals surface area contributed by atoms with E-state index < -0.39 is 11.7 Å². The van der Waals surface area contributed by atoms with Gasteiger partial charge < -0.3 is 5.32 Å². The van der Waals surface area contributed by atoms with Gasteiger partial charge in [0.15, 0.2) is 0 Å². The van der Waals surface area contributed by atoms with Crippen LogP contribution in [0.25, 0.3) is 0 Å². The lowest BCUT2D eigenvalue weighted by Crippen LogP contribution is -2.23. The summed E-state index contributed by atoms with van der Waals surface area (Å²) in [6.07, 6.45) is 0.863. The summed E-state index contributed by atoms with van der Waals surface area (Å²) in [6.45, 7) is 13.9. The van der Waals surface area contributed by atoms with E-state index in [0.717, 1.165) is 22.8 Å². The quantitative estimate of drug-likeness (QED) is 0.641. The van der Waals surface area contributed by atoms with E-state index >= 15 is 0 Å². The smallest absolute Gasteiger partial charge is 0.258 e. The summed E-state index contributed by atoms with van der Waals surface area (Å²) in [5.74, 6) is 0.0630. The third-order valence-electron chi connectivity index (χ3n) is 2.48. The molecule has 0 saturated heterocycles. The summed E-state index contributed by atoms with van der Waals surface area (Å²) in [7, 11) is 0.500. The highest BCUT2D eigenvalue weighted by molar-refractivity contribution is 8.03. The minimum Gasteiger partial charge on any atom is -0.325 e. The van der Waals surface area contributed by atoms with Crippen LogP contribution < -0.4 is 5.32 Å². The van der Waals surface area contributed by atoms with Gasteiger partial charge in [-0.1, -0.05) is 53.7 Å². The third-order valence-corrected chi connectivity index (χ3v) is 3.71. The SMILES string of the molecule is CC.CC.CCS/C(CC)=C(\C)NC(=O)c1ccccc1F.CF. The van der Waals surface area contributed by atoms with Gasteiger partial charge >= 0.3 is 0 Å². The second-order valence-corrected chi connectivity index (χ2v) is 5.13. The number of hydrogen-bond acceptors (Lipinski definition) is 2. The van der Waals surface area contributed by atoms with E-state index in [1.165, 1.54) is 12.1 Å². The van der Waals surface area contributed by atoms with Crippen molar-refractivity contribution in [1.82, 2.24) is 5.32 Å². The number of carbonyl (C=O) groups excluding carboxylic acids is 1. The zero-order chi connectivity index (χ0) is 19.5. The van der Waals surface area contributed by atoms with E-state index in [9.17, 15) is 13.6 Å². The number of hydrogen-bond donors (Lipinski definition) is 1. The summed E-state index contributed by atoms with van der Waals surface area (Å²) in [4.78, 5) is 13.0. The number of allylic oxidation sites excluding steroid dienone is 2. The molecule has 0 unspecified atom stereocenters. The van der Waals surface area contributed by atoms with E-state index in [4.69, 9.17) is 0 Å². The molecule has 1 N–H and O–H groups in total. The lowest BCUT2D eigenvalue weighted by Gasteiger charge is -2.11. The molecule has 1 aromatic rings. The maximum absolute atomic E-state index is 13.4. The second-order valence-electron chi connectivity index (χ2n) is 3.77. The predicted molar refractivity (Wildman–Crippen MR) is 105 cm³/mol. The molecule has 1 aromatic carbocycles. The number of amides is 1. The standard InChI is InChI=1S/C14H18FNOS.2C2H6.CH3F/c1-4-13(18-5-2)10(3)16-14(17)11-8-6-7-9-12(11)15;3*1-2/h6-9H,4-5H2,1-3H3,(H,16,17);2*1-2H3;1H3/b13-10+;;;. The van der Waals surface area contributed by atoms with Crippen LogP contribution in [-0.4, -0.2) is 18.8 Å². The maximum Gasteiger partial charge on any atom is 0.258 e. The van der Waals surface area contributed by atoms with Crippen molar-refractivity contribution in [2.24, 2.45) is 0 Å². The number of halogens is 2. The van der Waals surface area contributed by atoms with Crippen LogP contribution in [0.15, 0.2) is 34.9 Å². The van der Waals surface area contributed by atoms with E-state index in [1.54, 1.807) is 23.9 Å². The molecule has 24 heavy (non-hydrogen) atoms. The molecular formula is C19H33F2NOS. The van der Waals surface area contributed by atoms with Crippen molar-refractivity contribution in [3.63, 3.8) is 0 Å². The number of alkyl halides is 1. The second kappa shape index (κ2) is 19.7. The predicted octanol–water partition coefficient (Wildman–Crippen LogP) is 6.59. The largest absolute Gasteiger partial charge is 0.325 e. The van der Waals surface area contributed by atoms with Crippen LogP contribution in [0.3, 0.4) is 0 Å². The van der Waals surface area contributed by atoms with Gasteiger partial charge in [-0.2, -0.15) is 0 Å². The highest BCUT2D eigenvalue weighted by atomic mass is 32.2. The third kappa shape index (κ3) is 11.2. The molecule has 0 bridgehead atoms. The summed E-state index contributed by atoms with van der Waals surface area (Å²) in [5, 5.41) is 2.75. The van der Waals surface area contributed by atoms with Gasteiger partial charge in [0.1, 0.15) is 5.82 Å². The number of carbonyl (C=O) groups is 1. The molecule has 0 aromatic heterocycles. The summed E-state index contributed by atoms with van der Waals surface area (Å²) in [6, 6.07) is 5.99. The lowest BCUT2D eigenvalue weighted by molar-refractivity contribution is 0.0962. The number of benzene rings is 1. The number of rotatable bonds is 5. The van der Waals surface area contributed by atoms with E-state index in [2.05, 4.69) is 12.2 Å². The average molecular weight is 362 g/mol. The topological polar surface area (TPSA) is 29.1 Å². The molecule has 0 radical (unpaired) electrons. The van der Waals surface area contributed by atoms with Gasteiger partial charge in [0.2, 0.25) is 0 Å². The van der Waals surface area contributed by atoms with Gasteiger partial charge in [0.05, 0.1) is 12.7 Å². The molecule has 0 fully saturated rings. The Morgan fingerprint density at radius 1 is 1.08 bits per heavy atom. The van der Waals surface area contributed by atoms with Crippen molar-refractivity contribution in [1.29, 1.82) is 0 Å². The fraction of sp³-hybridized carbons (Fsp3) is 0.526. The molecule has 1 amide bonds. The molecule has 0 spiro atoms. The van der Waals surface area contributed by atoms with Gasteiger partial charge in [-0.05, 0) is 31.2 Å². The van der Waals surface area contributed by atoms with Gasteiger partial charge in [0.25, 0.3) is 5.91 Å². The summed E-state index contributed by atoms with van der Waals surface area (Å²) >= 11 is 1.70. The molecule has 2 nitrogen and oxygen atoms in total. The first kappa shape index (κ1) is 27.5. The Hall–Kier alpha value is -1.36. The van der Waals surface area contributed by atoms with Crippen LogP contribution in [0.2, 0.25) is 0 Å². The Balaban J connectivity index is -0.000000659. The van der Waals surface area contributed by atoms with Crippen LogP contribution in [0.1, 0.15) is 65.2 Å². The van der Waals surface area contributed by atoms with Crippen LogP contribution in [-0.2, 0) is 0 Å².